The molecule has 1 aromatic rings. The molecule has 0 fully saturated rings. The second-order valence-corrected chi connectivity index (χ2v) is 7.24. The van der Waals surface area contributed by atoms with Crippen LogP contribution in [0.4, 0.5) is 0 Å². The number of nitrogens with zero attached hydrogens (tertiary/aromatic N) is 1. The molecular formula is C14H25N3O2S. The molecule has 114 valence electrons. The van der Waals surface area contributed by atoms with E-state index >= 15 is 0 Å². The third-order valence-electron chi connectivity index (χ3n) is 2.91. The molecule has 2 N–H and O–H groups in total. The largest absolute Gasteiger partial charge is 0.363 e. The van der Waals surface area contributed by atoms with E-state index in [2.05, 4.69) is 16.9 Å². The molecule has 20 heavy (non-hydrogen) atoms. The van der Waals surface area contributed by atoms with Gasteiger partial charge in [0.15, 0.2) is 0 Å². The Morgan fingerprint density at radius 3 is 2.55 bits per heavy atom. The van der Waals surface area contributed by atoms with Crippen LogP contribution in [0.1, 0.15) is 33.4 Å². The van der Waals surface area contributed by atoms with E-state index in [1.54, 1.807) is 18.3 Å². The van der Waals surface area contributed by atoms with Gasteiger partial charge in [-0.15, -0.1) is 6.58 Å². The fraction of sp³-hybridized carbons (Fsp3) is 0.571. The SMILES string of the molecule is C=CCN(C(C)C)S(=O)(=O)c1c[nH]c(CNC(C)C)c1. The molecule has 0 saturated heterocycles. The maximum absolute atomic E-state index is 12.6. The first-order chi connectivity index (χ1) is 9.28. The molecule has 0 aliphatic heterocycles. The number of sulfonamides is 1. The van der Waals surface area contributed by atoms with Crippen molar-refractivity contribution in [2.24, 2.45) is 0 Å². The van der Waals surface area contributed by atoms with Crippen molar-refractivity contribution in [2.75, 3.05) is 6.54 Å². The van der Waals surface area contributed by atoms with Crippen LogP contribution >= 0.6 is 0 Å². The molecule has 0 aliphatic carbocycles. The molecule has 0 radical (unpaired) electrons. The third-order valence-corrected chi connectivity index (χ3v) is 4.93. The Morgan fingerprint density at radius 2 is 2.05 bits per heavy atom. The fourth-order valence-electron chi connectivity index (χ4n) is 1.83. The van der Waals surface area contributed by atoms with Crippen molar-refractivity contribution in [1.82, 2.24) is 14.6 Å². The van der Waals surface area contributed by atoms with Gasteiger partial charge < -0.3 is 10.3 Å². The number of aromatic amines is 1. The normalized spacial score (nSPS) is 12.6. The fourth-order valence-corrected chi connectivity index (χ4v) is 3.46. The van der Waals surface area contributed by atoms with Gasteiger partial charge in [-0.3, -0.25) is 0 Å². The highest BCUT2D eigenvalue weighted by Crippen LogP contribution is 2.19. The third kappa shape index (κ3) is 4.19. The van der Waals surface area contributed by atoms with Crippen LogP contribution < -0.4 is 5.32 Å². The molecule has 1 aromatic heterocycles. The van der Waals surface area contributed by atoms with Gasteiger partial charge in [0.1, 0.15) is 0 Å². The number of hydrogen-bond donors (Lipinski definition) is 2. The minimum absolute atomic E-state index is 0.106. The Balaban J connectivity index is 2.94. The van der Waals surface area contributed by atoms with Crippen LogP contribution in [0.5, 0.6) is 0 Å². The van der Waals surface area contributed by atoms with Gasteiger partial charge in [-0.1, -0.05) is 19.9 Å². The number of hydrogen-bond acceptors (Lipinski definition) is 3. The van der Waals surface area contributed by atoms with E-state index in [4.69, 9.17) is 0 Å². The molecular weight excluding hydrogens is 274 g/mol. The number of nitrogens with one attached hydrogen (secondary N) is 2. The number of rotatable bonds is 8. The van der Waals surface area contributed by atoms with Crippen molar-refractivity contribution in [3.05, 3.63) is 30.6 Å². The van der Waals surface area contributed by atoms with Crippen molar-refractivity contribution < 1.29 is 8.42 Å². The molecule has 0 aliphatic rings. The van der Waals surface area contributed by atoms with Crippen molar-refractivity contribution in [3.8, 4) is 0 Å². The lowest BCUT2D eigenvalue weighted by Gasteiger charge is -2.23. The Kier molecular flexibility index (Phi) is 5.98. The molecule has 0 unspecified atom stereocenters. The zero-order valence-corrected chi connectivity index (χ0v) is 13.5. The topological polar surface area (TPSA) is 65.2 Å². The van der Waals surface area contributed by atoms with E-state index in [-0.39, 0.29) is 6.04 Å². The Labute approximate surface area is 122 Å². The van der Waals surface area contributed by atoms with Crippen molar-refractivity contribution in [3.63, 3.8) is 0 Å². The molecule has 1 rings (SSSR count). The Morgan fingerprint density at radius 1 is 1.40 bits per heavy atom. The summed E-state index contributed by atoms with van der Waals surface area (Å²) in [7, 11) is -3.48. The lowest BCUT2D eigenvalue weighted by atomic mass is 10.3. The molecule has 0 spiro atoms. The van der Waals surface area contributed by atoms with Crippen LogP contribution in [-0.2, 0) is 16.6 Å². The molecule has 0 saturated carbocycles. The number of H-pyrrole nitrogens is 1. The summed E-state index contributed by atoms with van der Waals surface area (Å²) in [6.07, 6.45) is 3.15. The Hall–Kier alpha value is -1.11. The van der Waals surface area contributed by atoms with Crippen LogP contribution in [0.3, 0.4) is 0 Å². The predicted molar refractivity (Wildman–Crippen MR) is 82.0 cm³/mol. The average Bonchev–Trinajstić information content (AvgIpc) is 2.82. The smallest absolute Gasteiger partial charge is 0.245 e. The molecule has 0 amide bonds. The van der Waals surface area contributed by atoms with Crippen molar-refractivity contribution in [1.29, 1.82) is 0 Å². The molecule has 0 aromatic carbocycles. The second-order valence-electron chi connectivity index (χ2n) is 5.35. The van der Waals surface area contributed by atoms with Crippen LogP contribution in [0, 0.1) is 0 Å². The highest BCUT2D eigenvalue weighted by molar-refractivity contribution is 7.89. The van der Waals surface area contributed by atoms with Crippen molar-refractivity contribution in [2.45, 2.75) is 51.2 Å². The van der Waals surface area contributed by atoms with E-state index < -0.39 is 10.0 Å². The lowest BCUT2D eigenvalue weighted by molar-refractivity contribution is 0.383. The highest BCUT2D eigenvalue weighted by atomic mass is 32.2. The van der Waals surface area contributed by atoms with Gasteiger partial charge in [0.25, 0.3) is 0 Å². The summed E-state index contributed by atoms with van der Waals surface area (Å²) in [6, 6.07) is 1.93. The summed E-state index contributed by atoms with van der Waals surface area (Å²) in [6.45, 7) is 12.4. The first kappa shape index (κ1) is 16.9. The van der Waals surface area contributed by atoms with E-state index in [9.17, 15) is 8.42 Å². The summed E-state index contributed by atoms with van der Waals surface area (Å²) in [5.74, 6) is 0. The van der Waals surface area contributed by atoms with Crippen LogP contribution in [0.25, 0.3) is 0 Å². The van der Waals surface area contributed by atoms with Gasteiger partial charge in [0.2, 0.25) is 10.0 Å². The second kappa shape index (κ2) is 7.06. The number of aromatic nitrogens is 1. The lowest BCUT2D eigenvalue weighted by Crippen LogP contribution is -2.36. The van der Waals surface area contributed by atoms with Crippen LogP contribution in [0.15, 0.2) is 29.8 Å². The van der Waals surface area contributed by atoms with Crippen LogP contribution in [-0.4, -0.2) is 36.3 Å². The van der Waals surface area contributed by atoms with Gasteiger partial charge in [-0.2, -0.15) is 4.31 Å². The maximum Gasteiger partial charge on any atom is 0.245 e. The van der Waals surface area contributed by atoms with Crippen LogP contribution in [0.2, 0.25) is 0 Å². The van der Waals surface area contributed by atoms with E-state index in [1.165, 1.54) is 4.31 Å². The minimum Gasteiger partial charge on any atom is -0.363 e. The van der Waals surface area contributed by atoms with Gasteiger partial charge in [-0.05, 0) is 19.9 Å². The molecule has 5 nitrogen and oxygen atoms in total. The Bertz CT molecular complexity index is 532. The summed E-state index contributed by atoms with van der Waals surface area (Å²) >= 11 is 0. The summed E-state index contributed by atoms with van der Waals surface area (Å²) in [4.78, 5) is 3.31. The zero-order valence-electron chi connectivity index (χ0n) is 12.7. The van der Waals surface area contributed by atoms with Gasteiger partial charge in [0, 0.05) is 37.1 Å². The minimum atomic E-state index is -3.48. The predicted octanol–water partition coefficient (Wildman–Crippen LogP) is 2.10. The summed E-state index contributed by atoms with van der Waals surface area (Å²) < 4.78 is 26.5. The first-order valence-electron chi connectivity index (χ1n) is 6.82. The van der Waals surface area contributed by atoms with E-state index in [1.807, 2.05) is 27.7 Å². The summed E-state index contributed by atoms with van der Waals surface area (Å²) in [5.41, 5.74) is 0.861. The molecule has 6 heteroatoms. The van der Waals surface area contributed by atoms with E-state index in [0.717, 1.165) is 5.69 Å². The summed E-state index contributed by atoms with van der Waals surface area (Å²) in [5, 5.41) is 3.25. The first-order valence-corrected chi connectivity index (χ1v) is 8.26. The quantitative estimate of drug-likeness (QED) is 0.723. The zero-order chi connectivity index (χ0) is 15.3. The van der Waals surface area contributed by atoms with E-state index in [0.29, 0.717) is 24.0 Å². The molecule has 0 bridgehead atoms. The van der Waals surface area contributed by atoms with Crippen molar-refractivity contribution >= 4 is 10.0 Å². The maximum atomic E-state index is 12.6. The average molecular weight is 299 g/mol. The molecule has 1 heterocycles. The van der Waals surface area contributed by atoms with Gasteiger partial charge in [-0.25, -0.2) is 8.42 Å². The highest BCUT2D eigenvalue weighted by Gasteiger charge is 2.26. The van der Waals surface area contributed by atoms with Gasteiger partial charge in [0.05, 0.1) is 4.90 Å². The monoisotopic (exact) mass is 299 g/mol. The molecule has 0 atom stereocenters. The standard InChI is InChI=1S/C14H25N3O2S/c1-6-7-17(12(4)5)20(18,19)14-8-13(16-10-14)9-15-11(2)3/h6,8,10-12,15-16H,1,7,9H2,2-5H3. The van der Waals surface area contributed by atoms with Gasteiger partial charge >= 0.3 is 0 Å².